The average molecular weight is 273 g/mol. The van der Waals surface area contributed by atoms with Gasteiger partial charge in [-0.15, -0.1) is 11.8 Å². The summed E-state index contributed by atoms with van der Waals surface area (Å²) in [6.45, 7) is 3.97. The Bertz CT molecular complexity index is 550. The molecule has 1 unspecified atom stereocenters. The Labute approximate surface area is 118 Å². The number of aromatic nitrogens is 2. The highest BCUT2D eigenvalue weighted by Gasteiger charge is 2.19. The second kappa shape index (κ2) is 5.80. The number of hydrogen-bond donors (Lipinski definition) is 1. The number of hydrogen-bond acceptors (Lipinski definition) is 3. The van der Waals surface area contributed by atoms with Crippen LogP contribution in [0.5, 0.6) is 0 Å². The predicted octanol–water partition coefficient (Wildman–Crippen LogP) is 3.23. The zero-order chi connectivity index (χ0) is 13.1. The van der Waals surface area contributed by atoms with Gasteiger partial charge in [0.05, 0.1) is 6.54 Å². The molecule has 0 saturated heterocycles. The number of fused-ring (bicyclic) bond motifs is 1. The summed E-state index contributed by atoms with van der Waals surface area (Å²) in [6, 6.07) is 9.18. The van der Waals surface area contributed by atoms with E-state index in [-0.39, 0.29) is 0 Å². The second-order valence-corrected chi connectivity index (χ2v) is 5.87. The number of thioether (sulfide) groups is 1. The van der Waals surface area contributed by atoms with Crippen molar-refractivity contribution in [2.24, 2.45) is 0 Å². The Morgan fingerprint density at radius 3 is 3.21 bits per heavy atom. The normalized spacial score (nSPS) is 18.3. The van der Waals surface area contributed by atoms with Crippen molar-refractivity contribution in [3.8, 4) is 0 Å². The Kier molecular flexibility index (Phi) is 3.89. The zero-order valence-corrected chi connectivity index (χ0v) is 12.0. The van der Waals surface area contributed by atoms with E-state index < -0.39 is 0 Å². The fourth-order valence-electron chi connectivity index (χ4n) is 2.56. The Balaban J connectivity index is 1.71. The van der Waals surface area contributed by atoms with E-state index in [1.807, 2.05) is 24.2 Å². The zero-order valence-electron chi connectivity index (χ0n) is 11.2. The third kappa shape index (κ3) is 2.69. The Hall–Kier alpha value is -1.26. The second-order valence-electron chi connectivity index (χ2n) is 4.74. The van der Waals surface area contributed by atoms with Crippen LogP contribution in [0.2, 0.25) is 0 Å². The molecule has 2 heterocycles. The van der Waals surface area contributed by atoms with Gasteiger partial charge in [0, 0.05) is 29.9 Å². The summed E-state index contributed by atoms with van der Waals surface area (Å²) in [5, 5.41) is 3.66. The molecule has 1 aromatic heterocycles. The molecule has 1 aliphatic heterocycles. The highest BCUT2D eigenvalue weighted by molar-refractivity contribution is 7.99. The van der Waals surface area contributed by atoms with Crippen LogP contribution in [0.3, 0.4) is 0 Å². The molecule has 100 valence electrons. The van der Waals surface area contributed by atoms with Gasteiger partial charge >= 0.3 is 0 Å². The highest BCUT2D eigenvalue weighted by atomic mass is 32.2. The van der Waals surface area contributed by atoms with E-state index in [0.717, 1.165) is 18.9 Å². The van der Waals surface area contributed by atoms with Crippen molar-refractivity contribution in [1.82, 2.24) is 14.9 Å². The average Bonchev–Trinajstić information content (AvgIpc) is 2.92. The van der Waals surface area contributed by atoms with Gasteiger partial charge < -0.3 is 9.88 Å². The van der Waals surface area contributed by atoms with Gasteiger partial charge in [-0.05, 0) is 30.7 Å². The summed E-state index contributed by atoms with van der Waals surface area (Å²) in [5.41, 5.74) is 1.44. The molecular weight excluding hydrogens is 254 g/mol. The maximum Gasteiger partial charge on any atom is 0.122 e. The predicted molar refractivity (Wildman–Crippen MR) is 79.3 cm³/mol. The van der Waals surface area contributed by atoms with Gasteiger partial charge in [0.2, 0.25) is 0 Å². The van der Waals surface area contributed by atoms with Crippen molar-refractivity contribution >= 4 is 11.8 Å². The topological polar surface area (TPSA) is 29.9 Å². The lowest BCUT2D eigenvalue weighted by molar-refractivity contribution is 0.490. The molecule has 0 fully saturated rings. The number of nitrogens with zero attached hydrogens (tertiary/aromatic N) is 2. The molecule has 2 aromatic rings. The minimum Gasteiger partial charge on any atom is -0.334 e. The quantitative estimate of drug-likeness (QED) is 0.927. The van der Waals surface area contributed by atoms with Gasteiger partial charge in [0.1, 0.15) is 5.82 Å². The molecule has 0 amide bonds. The van der Waals surface area contributed by atoms with Crippen LogP contribution in [0, 0.1) is 0 Å². The summed E-state index contributed by atoms with van der Waals surface area (Å²) in [6.07, 6.45) is 5.11. The maximum absolute atomic E-state index is 4.42. The van der Waals surface area contributed by atoms with Gasteiger partial charge in [-0.25, -0.2) is 4.98 Å². The smallest absolute Gasteiger partial charge is 0.122 e. The number of imidazole rings is 1. The molecule has 0 bridgehead atoms. The monoisotopic (exact) mass is 273 g/mol. The Morgan fingerprint density at radius 2 is 2.32 bits per heavy atom. The van der Waals surface area contributed by atoms with Crippen molar-refractivity contribution in [2.45, 2.75) is 37.4 Å². The SMILES string of the molecule is CCn1ccnc1CNC1CCSc2ccccc21. The van der Waals surface area contributed by atoms with Gasteiger partial charge in [-0.1, -0.05) is 18.2 Å². The van der Waals surface area contributed by atoms with E-state index in [1.165, 1.54) is 22.6 Å². The molecule has 1 aromatic carbocycles. The van der Waals surface area contributed by atoms with Crippen LogP contribution in [0.15, 0.2) is 41.6 Å². The van der Waals surface area contributed by atoms with E-state index in [0.29, 0.717) is 6.04 Å². The van der Waals surface area contributed by atoms with Crippen molar-refractivity contribution in [3.63, 3.8) is 0 Å². The maximum atomic E-state index is 4.42. The van der Waals surface area contributed by atoms with Crippen LogP contribution in [0.4, 0.5) is 0 Å². The Morgan fingerprint density at radius 1 is 1.42 bits per heavy atom. The van der Waals surface area contributed by atoms with Gasteiger partial charge in [0.15, 0.2) is 0 Å². The van der Waals surface area contributed by atoms with Crippen LogP contribution in [-0.2, 0) is 13.1 Å². The molecule has 0 saturated carbocycles. The van der Waals surface area contributed by atoms with Crippen LogP contribution in [-0.4, -0.2) is 15.3 Å². The molecule has 0 radical (unpaired) electrons. The third-order valence-corrected chi connectivity index (χ3v) is 4.73. The molecule has 0 spiro atoms. The first kappa shape index (κ1) is 12.8. The standard InChI is InChI=1S/C15H19N3S/c1-2-18-9-8-16-15(18)11-17-13-7-10-19-14-6-4-3-5-12(13)14/h3-6,8-9,13,17H,2,7,10-11H2,1H3. The lowest BCUT2D eigenvalue weighted by Crippen LogP contribution is -2.25. The van der Waals surface area contributed by atoms with E-state index in [4.69, 9.17) is 0 Å². The molecule has 4 heteroatoms. The third-order valence-electron chi connectivity index (χ3n) is 3.61. The number of benzene rings is 1. The first-order chi connectivity index (χ1) is 9.38. The lowest BCUT2D eigenvalue weighted by atomic mass is 10.0. The van der Waals surface area contributed by atoms with E-state index in [1.54, 1.807) is 0 Å². The molecular formula is C15H19N3S. The molecule has 3 rings (SSSR count). The highest BCUT2D eigenvalue weighted by Crippen LogP contribution is 2.35. The van der Waals surface area contributed by atoms with Crippen molar-refractivity contribution in [1.29, 1.82) is 0 Å². The minimum absolute atomic E-state index is 0.458. The van der Waals surface area contributed by atoms with Crippen LogP contribution < -0.4 is 5.32 Å². The fourth-order valence-corrected chi connectivity index (χ4v) is 3.69. The summed E-state index contributed by atoms with van der Waals surface area (Å²) in [5.74, 6) is 2.31. The summed E-state index contributed by atoms with van der Waals surface area (Å²) in [4.78, 5) is 5.84. The van der Waals surface area contributed by atoms with Crippen molar-refractivity contribution in [3.05, 3.63) is 48.0 Å². The van der Waals surface area contributed by atoms with Gasteiger partial charge in [0.25, 0.3) is 0 Å². The van der Waals surface area contributed by atoms with Crippen LogP contribution >= 0.6 is 11.8 Å². The lowest BCUT2D eigenvalue weighted by Gasteiger charge is -2.26. The molecule has 1 aliphatic rings. The number of aryl methyl sites for hydroxylation is 1. The molecule has 1 N–H and O–H groups in total. The van der Waals surface area contributed by atoms with Gasteiger partial charge in [-0.3, -0.25) is 0 Å². The minimum atomic E-state index is 0.458. The van der Waals surface area contributed by atoms with E-state index in [2.05, 4.69) is 46.1 Å². The van der Waals surface area contributed by atoms with Crippen LogP contribution in [0.1, 0.15) is 30.8 Å². The van der Waals surface area contributed by atoms with Crippen molar-refractivity contribution in [2.75, 3.05) is 5.75 Å². The largest absolute Gasteiger partial charge is 0.334 e. The first-order valence-electron chi connectivity index (χ1n) is 6.83. The van der Waals surface area contributed by atoms with E-state index in [9.17, 15) is 0 Å². The number of rotatable bonds is 4. The summed E-state index contributed by atoms with van der Waals surface area (Å²) < 4.78 is 2.19. The van der Waals surface area contributed by atoms with E-state index >= 15 is 0 Å². The molecule has 19 heavy (non-hydrogen) atoms. The summed E-state index contributed by atoms with van der Waals surface area (Å²) in [7, 11) is 0. The molecule has 0 aliphatic carbocycles. The van der Waals surface area contributed by atoms with Crippen LogP contribution in [0.25, 0.3) is 0 Å². The first-order valence-corrected chi connectivity index (χ1v) is 7.82. The molecule has 3 nitrogen and oxygen atoms in total. The fraction of sp³-hybridized carbons (Fsp3) is 0.400. The number of nitrogens with one attached hydrogen (secondary N) is 1. The van der Waals surface area contributed by atoms with Gasteiger partial charge in [-0.2, -0.15) is 0 Å². The molecule has 1 atom stereocenters. The summed E-state index contributed by atoms with van der Waals surface area (Å²) >= 11 is 1.96. The van der Waals surface area contributed by atoms with Crippen molar-refractivity contribution < 1.29 is 0 Å².